The van der Waals surface area contributed by atoms with Gasteiger partial charge in [-0.15, -0.1) is 0 Å². The molecule has 0 aliphatic carbocycles. The summed E-state index contributed by atoms with van der Waals surface area (Å²) in [5.41, 5.74) is 2.69. The average Bonchev–Trinajstić information content (AvgIpc) is 3.39. The Labute approximate surface area is 191 Å². The van der Waals surface area contributed by atoms with Gasteiger partial charge >= 0.3 is 0 Å². The van der Waals surface area contributed by atoms with Gasteiger partial charge in [0.25, 0.3) is 11.8 Å². The van der Waals surface area contributed by atoms with E-state index in [1.165, 1.54) is 17.6 Å². The first-order chi connectivity index (χ1) is 14.9. The summed E-state index contributed by atoms with van der Waals surface area (Å²) in [6.07, 6.45) is 1.43. The van der Waals surface area contributed by atoms with Gasteiger partial charge in [-0.05, 0) is 67.2 Å². The summed E-state index contributed by atoms with van der Waals surface area (Å²) in [5, 5.41) is 9.42. The van der Waals surface area contributed by atoms with Crippen molar-refractivity contribution in [2.45, 2.75) is 6.92 Å². The van der Waals surface area contributed by atoms with Crippen LogP contribution in [0.5, 0.6) is 0 Å². The Bertz CT molecular complexity index is 1300. The molecule has 4 aromatic rings. The first-order valence-electron chi connectivity index (χ1n) is 9.03. The van der Waals surface area contributed by atoms with Gasteiger partial charge in [-0.1, -0.05) is 29.0 Å². The molecule has 156 valence electrons. The highest BCUT2D eigenvalue weighted by atomic mass is 35.5. The van der Waals surface area contributed by atoms with E-state index in [1.54, 1.807) is 42.5 Å². The second kappa shape index (κ2) is 8.84. The van der Waals surface area contributed by atoms with Gasteiger partial charge in [0.05, 0.1) is 16.5 Å². The maximum absolute atomic E-state index is 12.4. The van der Waals surface area contributed by atoms with Crippen LogP contribution in [-0.2, 0) is 0 Å². The molecular weight excluding hydrogens is 456 g/mol. The van der Waals surface area contributed by atoms with Gasteiger partial charge in [0.2, 0.25) is 0 Å². The highest BCUT2D eigenvalue weighted by Crippen LogP contribution is 2.28. The number of thiazole rings is 1. The van der Waals surface area contributed by atoms with E-state index in [-0.39, 0.29) is 22.7 Å². The largest absolute Gasteiger partial charge is 0.459 e. The summed E-state index contributed by atoms with van der Waals surface area (Å²) in [7, 11) is 0. The van der Waals surface area contributed by atoms with Gasteiger partial charge in [0.15, 0.2) is 16.0 Å². The number of anilines is 2. The topological polar surface area (TPSA) is 96.3 Å². The van der Waals surface area contributed by atoms with E-state index < -0.39 is 0 Å². The second-order valence-electron chi connectivity index (χ2n) is 6.51. The Balaban J connectivity index is 1.42. The predicted octanol–water partition coefficient (Wildman–Crippen LogP) is 5.23. The second-order valence-corrected chi connectivity index (χ2v) is 8.35. The van der Waals surface area contributed by atoms with Crippen LogP contribution in [0.25, 0.3) is 10.2 Å². The van der Waals surface area contributed by atoms with Crippen molar-refractivity contribution < 1.29 is 14.0 Å². The Kier molecular flexibility index (Phi) is 5.99. The maximum atomic E-state index is 12.4. The molecule has 4 rings (SSSR count). The lowest BCUT2D eigenvalue weighted by atomic mass is 10.1. The van der Waals surface area contributed by atoms with Crippen molar-refractivity contribution in [1.82, 2.24) is 10.3 Å². The summed E-state index contributed by atoms with van der Waals surface area (Å²) < 4.78 is 5.91. The predicted molar refractivity (Wildman–Crippen MR) is 126 cm³/mol. The number of fused-ring (bicyclic) bond motifs is 1. The molecule has 2 aromatic heterocycles. The van der Waals surface area contributed by atoms with E-state index >= 15 is 0 Å². The quantitative estimate of drug-likeness (QED) is 0.353. The molecule has 7 nitrogen and oxygen atoms in total. The van der Waals surface area contributed by atoms with Crippen molar-refractivity contribution in [3.05, 3.63) is 76.7 Å². The van der Waals surface area contributed by atoms with Crippen LogP contribution in [0.4, 0.5) is 10.8 Å². The number of aromatic nitrogens is 1. The number of hydrogen-bond acceptors (Lipinski definition) is 6. The monoisotopic (exact) mass is 470 g/mol. The molecule has 0 atom stereocenters. The molecule has 0 spiro atoms. The maximum Gasteiger partial charge on any atom is 0.293 e. The first kappa shape index (κ1) is 21.0. The number of carbonyl (C=O) groups is 2. The highest BCUT2D eigenvalue weighted by Gasteiger charge is 2.13. The summed E-state index contributed by atoms with van der Waals surface area (Å²) in [5.74, 6) is -0.527. The Morgan fingerprint density at radius 1 is 1.10 bits per heavy atom. The minimum absolute atomic E-state index is 0.150. The van der Waals surface area contributed by atoms with Crippen LogP contribution in [-0.4, -0.2) is 21.9 Å². The molecular formula is C21H15ClN4O3S2. The Morgan fingerprint density at radius 2 is 1.94 bits per heavy atom. The van der Waals surface area contributed by atoms with Crippen molar-refractivity contribution in [1.29, 1.82) is 0 Å². The lowest BCUT2D eigenvalue weighted by Crippen LogP contribution is -2.34. The summed E-state index contributed by atoms with van der Waals surface area (Å²) in [6.45, 7) is 1.86. The highest BCUT2D eigenvalue weighted by molar-refractivity contribution is 7.80. The molecule has 0 unspecified atom stereocenters. The molecule has 0 radical (unpaired) electrons. The molecule has 0 fully saturated rings. The number of aryl methyl sites for hydroxylation is 1. The van der Waals surface area contributed by atoms with Gasteiger partial charge in [-0.25, -0.2) is 4.98 Å². The number of amides is 2. The number of nitrogens with one attached hydrogen (secondary N) is 3. The molecule has 31 heavy (non-hydrogen) atoms. The lowest BCUT2D eigenvalue weighted by molar-refractivity contribution is 0.0975. The lowest BCUT2D eigenvalue weighted by Gasteiger charge is -2.10. The molecule has 2 amide bonds. The van der Waals surface area contributed by atoms with E-state index in [0.29, 0.717) is 21.4 Å². The zero-order valence-electron chi connectivity index (χ0n) is 16.1. The Hall–Kier alpha value is -3.27. The van der Waals surface area contributed by atoms with Gasteiger partial charge < -0.3 is 9.73 Å². The van der Waals surface area contributed by atoms with E-state index in [9.17, 15) is 9.59 Å². The number of rotatable bonds is 4. The van der Waals surface area contributed by atoms with Crippen molar-refractivity contribution in [3.8, 4) is 0 Å². The molecule has 0 saturated carbocycles. The van der Waals surface area contributed by atoms with Crippen LogP contribution < -0.4 is 16.0 Å². The molecule has 2 heterocycles. The number of thiocarbonyl (C=S) groups is 1. The van der Waals surface area contributed by atoms with Crippen LogP contribution in [0, 0.1) is 6.92 Å². The van der Waals surface area contributed by atoms with E-state index in [1.807, 2.05) is 13.0 Å². The molecule has 0 aliphatic rings. The van der Waals surface area contributed by atoms with E-state index in [2.05, 4.69) is 20.9 Å². The number of furan rings is 1. The number of carbonyl (C=O) groups excluding carboxylic acids is 2. The number of nitrogens with zero attached hydrogens (tertiary/aromatic N) is 1. The van der Waals surface area contributed by atoms with E-state index in [0.717, 1.165) is 15.8 Å². The van der Waals surface area contributed by atoms with Crippen molar-refractivity contribution in [2.24, 2.45) is 0 Å². The van der Waals surface area contributed by atoms with Gasteiger partial charge in [-0.3, -0.25) is 20.2 Å². The van der Waals surface area contributed by atoms with Crippen molar-refractivity contribution >= 4 is 73.1 Å². The molecule has 3 N–H and O–H groups in total. The molecule has 10 heteroatoms. The van der Waals surface area contributed by atoms with Gasteiger partial charge in [0.1, 0.15) is 0 Å². The molecule has 0 bridgehead atoms. The van der Waals surface area contributed by atoms with Crippen LogP contribution in [0.1, 0.15) is 26.5 Å². The number of benzene rings is 2. The van der Waals surface area contributed by atoms with Gasteiger partial charge in [0, 0.05) is 16.3 Å². The number of hydrogen-bond donors (Lipinski definition) is 3. The summed E-state index contributed by atoms with van der Waals surface area (Å²) in [6, 6.07) is 13.7. The first-order valence-corrected chi connectivity index (χ1v) is 10.6. The summed E-state index contributed by atoms with van der Waals surface area (Å²) in [4.78, 5) is 28.9. The standard InChI is InChI=1S/C21H15ClN4O3S2/c1-11-4-5-12(9-14(11)22)18(27)25-20(30)23-13-6-7-15-17(10-13)31-21(24-15)26-19(28)16-3-2-8-29-16/h2-10H,1H3,(H,24,26,28)(H2,23,25,27,30). The summed E-state index contributed by atoms with van der Waals surface area (Å²) >= 11 is 12.6. The average molecular weight is 471 g/mol. The fourth-order valence-corrected chi connectivity index (χ4v) is 3.99. The zero-order chi connectivity index (χ0) is 22.0. The molecule has 0 aliphatic heterocycles. The van der Waals surface area contributed by atoms with Crippen molar-refractivity contribution in [2.75, 3.05) is 10.6 Å². The smallest absolute Gasteiger partial charge is 0.293 e. The van der Waals surface area contributed by atoms with Crippen LogP contribution in [0.15, 0.2) is 59.2 Å². The van der Waals surface area contributed by atoms with Gasteiger partial charge in [-0.2, -0.15) is 0 Å². The normalized spacial score (nSPS) is 10.6. The van der Waals surface area contributed by atoms with E-state index in [4.69, 9.17) is 28.2 Å². The van der Waals surface area contributed by atoms with Crippen LogP contribution in [0.3, 0.4) is 0 Å². The minimum Gasteiger partial charge on any atom is -0.459 e. The third-order valence-corrected chi connectivity index (χ3v) is 5.82. The van der Waals surface area contributed by atoms with Crippen LogP contribution >= 0.6 is 35.2 Å². The van der Waals surface area contributed by atoms with Crippen LogP contribution in [0.2, 0.25) is 5.02 Å². The van der Waals surface area contributed by atoms with Crippen molar-refractivity contribution in [3.63, 3.8) is 0 Å². The fraction of sp³-hybridized carbons (Fsp3) is 0.0476. The SMILES string of the molecule is Cc1ccc(C(=O)NC(=S)Nc2ccc3nc(NC(=O)c4ccco4)sc3c2)cc1Cl. The third kappa shape index (κ3) is 4.91. The number of halogens is 1. The minimum atomic E-state index is -0.373. The Morgan fingerprint density at radius 3 is 2.68 bits per heavy atom. The third-order valence-electron chi connectivity index (χ3n) is 4.27. The molecule has 2 aromatic carbocycles. The molecule has 0 saturated heterocycles. The zero-order valence-corrected chi connectivity index (χ0v) is 18.5. The fourth-order valence-electron chi connectivity index (χ4n) is 2.69.